The van der Waals surface area contributed by atoms with Crippen LogP contribution in [0, 0.1) is 0 Å². The van der Waals surface area contributed by atoms with E-state index in [1.807, 2.05) is 0 Å². The molecule has 19 heavy (non-hydrogen) atoms. The fourth-order valence-electron chi connectivity index (χ4n) is 2.25. The molecule has 1 aromatic rings. The van der Waals surface area contributed by atoms with Crippen molar-refractivity contribution < 1.29 is 5.11 Å². The summed E-state index contributed by atoms with van der Waals surface area (Å²) in [6.45, 7) is 3.25. The first kappa shape index (κ1) is 14.3. The molecule has 0 spiro atoms. The van der Waals surface area contributed by atoms with Gasteiger partial charge in [-0.1, -0.05) is 18.0 Å². The normalized spacial score (nSPS) is 18.2. The topological polar surface area (TPSA) is 87.3 Å². The van der Waals surface area contributed by atoms with Crippen LogP contribution < -0.4 is 11.1 Å². The molecule has 7 heteroatoms. The van der Waals surface area contributed by atoms with Gasteiger partial charge in [0.1, 0.15) is 11.0 Å². The Morgan fingerprint density at radius 2 is 2.11 bits per heavy atom. The maximum Gasteiger partial charge on any atom is 0.223 e. The van der Waals surface area contributed by atoms with Gasteiger partial charge in [-0.25, -0.2) is 4.98 Å². The number of aromatic nitrogens is 2. The minimum atomic E-state index is -0.437. The number of aliphatic hydroxyl groups is 1. The van der Waals surface area contributed by atoms with Crippen LogP contribution in [0.3, 0.4) is 0 Å². The van der Waals surface area contributed by atoms with E-state index in [-0.39, 0.29) is 5.95 Å². The second-order valence-electron chi connectivity index (χ2n) is 4.83. The monoisotopic (exact) mass is 285 g/mol. The summed E-state index contributed by atoms with van der Waals surface area (Å²) in [5, 5.41) is 13.3. The third-order valence-corrected chi connectivity index (χ3v) is 3.34. The fraction of sp³-hybridized carbons (Fsp3) is 0.667. The number of hydrogen-bond acceptors (Lipinski definition) is 6. The Morgan fingerprint density at radius 1 is 1.37 bits per heavy atom. The quantitative estimate of drug-likeness (QED) is 0.699. The van der Waals surface area contributed by atoms with Crippen LogP contribution in [0.15, 0.2) is 6.07 Å². The number of aliphatic hydroxyl groups excluding tert-OH is 1. The lowest BCUT2D eigenvalue weighted by Crippen LogP contribution is -2.39. The molecule has 1 aliphatic heterocycles. The van der Waals surface area contributed by atoms with Gasteiger partial charge in [-0.2, -0.15) is 4.98 Å². The fourth-order valence-corrected chi connectivity index (χ4v) is 2.44. The summed E-state index contributed by atoms with van der Waals surface area (Å²) in [7, 11) is 0. The Kier molecular flexibility index (Phi) is 5.18. The number of anilines is 2. The lowest BCUT2D eigenvalue weighted by atomic mass is 10.1. The molecule has 1 atom stereocenters. The summed E-state index contributed by atoms with van der Waals surface area (Å²) in [6.07, 6.45) is 3.30. The Bertz CT molecular complexity index is 391. The Labute approximate surface area is 118 Å². The van der Waals surface area contributed by atoms with Gasteiger partial charge < -0.3 is 21.1 Å². The van der Waals surface area contributed by atoms with Gasteiger partial charge >= 0.3 is 0 Å². The average Bonchev–Trinajstić information content (AvgIpc) is 2.36. The number of β-amino-alcohol motifs (C(OH)–C–C–N with tert-alkyl or cyclic N) is 1. The Balaban J connectivity index is 1.77. The van der Waals surface area contributed by atoms with Gasteiger partial charge in [-0.15, -0.1) is 0 Å². The third kappa shape index (κ3) is 4.81. The number of rotatable bonds is 5. The molecule has 2 heterocycles. The van der Waals surface area contributed by atoms with Gasteiger partial charge in [0.15, 0.2) is 0 Å². The van der Waals surface area contributed by atoms with Gasteiger partial charge in [-0.3, -0.25) is 0 Å². The molecule has 0 amide bonds. The SMILES string of the molecule is Nc1nc(Cl)cc(NC[C@@H](O)CN2CCCCC2)n1. The van der Waals surface area contributed by atoms with E-state index in [1.54, 1.807) is 6.07 Å². The van der Waals surface area contributed by atoms with Gasteiger partial charge in [-0.05, 0) is 25.9 Å². The van der Waals surface area contributed by atoms with Crippen molar-refractivity contribution in [1.29, 1.82) is 0 Å². The van der Waals surface area contributed by atoms with Gasteiger partial charge in [0.25, 0.3) is 0 Å². The highest BCUT2D eigenvalue weighted by atomic mass is 35.5. The van der Waals surface area contributed by atoms with E-state index in [1.165, 1.54) is 19.3 Å². The van der Waals surface area contributed by atoms with Crippen molar-refractivity contribution in [2.75, 3.05) is 37.2 Å². The largest absolute Gasteiger partial charge is 0.390 e. The maximum absolute atomic E-state index is 9.99. The molecule has 2 rings (SSSR count). The Hall–Kier alpha value is -1.11. The van der Waals surface area contributed by atoms with Crippen molar-refractivity contribution in [3.05, 3.63) is 11.2 Å². The summed E-state index contributed by atoms with van der Waals surface area (Å²) in [5.74, 6) is 0.663. The summed E-state index contributed by atoms with van der Waals surface area (Å²) in [5.41, 5.74) is 5.50. The van der Waals surface area contributed by atoms with Gasteiger partial charge in [0.05, 0.1) is 6.10 Å². The average molecular weight is 286 g/mol. The molecule has 4 N–H and O–H groups in total. The summed E-state index contributed by atoms with van der Waals surface area (Å²) in [4.78, 5) is 10.1. The third-order valence-electron chi connectivity index (χ3n) is 3.15. The molecule has 0 bridgehead atoms. The van der Waals surface area contributed by atoms with Gasteiger partial charge in [0.2, 0.25) is 5.95 Å². The van der Waals surface area contributed by atoms with Crippen molar-refractivity contribution in [2.45, 2.75) is 25.4 Å². The van der Waals surface area contributed by atoms with E-state index >= 15 is 0 Å². The smallest absolute Gasteiger partial charge is 0.223 e. The second-order valence-corrected chi connectivity index (χ2v) is 5.22. The molecule has 1 fully saturated rings. The molecule has 1 aliphatic rings. The number of likely N-dealkylation sites (tertiary alicyclic amines) is 1. The first-order chi connectivity index (χ1) is 9.13. The van der Waals surface area contributed by atoms with Crippen LogP contribution in [-0.2, 0) is 0 Å². The Morgan fingerprint density at radius 3 is 2.79 bits per heavy atom. The number of nitrogens with zero attached hydrogens (tertiary/aromatic N) is 3. The number of nitrogen functional groups attached to an aromatic ring is 1. The zero-order valence-electron chi connectivity index (χ0n) is 10.8. The molecule has 106 valence electrons. The number of piperidine rings is 1. The molecule has 0 aromatic carbocycles. The predicted octanol–water partition coefficient (Wildman–Crippen LogP) is 0.971. The number of nitrogens with two attached hydrogens (primary N) is 1. The molecular weight excluding hydrogens is 266 g/mol. The van der Waals surface area contributed by atoms with Crippen LogP contribution in [0.25, 0.3) is 0 Å². The van der Waals surface area contributed by atoms with Crippen LogP contribution >= 0.6 is 11.6 Å². The van der Waals surface area contributed by atoms with E-state index in [4.69, 9.17) is 17.3 Å². The van der Waals surface area contributed by atoms with Crippen molar-refractivity contribution >= 4 is 23.4 Å². The van der Waals surface area contributed by atoms with E-state index < -0.39 is 6.10 Å². The highest BCUT2D eigenvalue weighted by Crippen LogP contribution is 2.13. The van der Waals surface area contributed by atoms with E-state index in [0.29, 0.717) is 24.1 Å². The lowest BCUT2D eigenvalue weighted by Gasteiger charge is -2.28. The lowest BCUT2D eigenvalue weighted by molar-refractivity contribution is 0.109. The molecule has 0 unspecified atom stereocenters. The zero-order valence-corrected chi connectivity index (χ0v) is 11.6. The minimum Gasteiger partial charge on any atom is -0.390 e. The van der Waals surface area contributed by atoms with Crippen LogP contribution in [0.4, 0.5) is 11.8 Å². The molecule has 1 aromatic heterocycles. The predicted molar refractivity (Wildman–Crippen MR) is 76.2 cm³/mol. The van der Waals surface area contributed by atoms with Crippen LogP contribution in [0.2, 0.25) is 5.15 Å². The van der Waals surface area contributed by atoms with Crippen molar-refractivity contribution in [2.24, 2.45) is 0 Å². The summed E-state index contributed by atoms with van der Waals surface area (Å²) in [6, 6.07) is 1.59. The van der Waals surface area contributed by atoms with Crippen LogP contribution in [0.1, 0.15) is 19.3 Å². The summed E-state index contributed by atoms with van der Waals surface area (Å²) >= 11 is 5.78. The number of halogens is 1. The van der Waals surface area contributed by atoms with E-state index in [9.17, 15) is 5.11 Å². The molecule has 0 saturated carbocycles. The first-order valence-electron chi connectivity index (χ1n) is 6.58. The van der Waals surface area contributed by atoms with Crippen molar-refractivity contribution in [3.8, 4) is 0 Å². The van der Waals surface area contributed by atoms with E-state index in [0.717, 1.165) is 13.1 Å². The van der Waals surface area contributed by atoms with Crippen molar-refractivity contribution in [3.63, 3.8) is 0 Å². The standard InChI is InChI=1S/C12H20ClN5O/c13-10-6-11(17-12(14)16-10)15-7-9(19)8-18-4-2-1-3-5-18/h6,9,19H,1-5,7-8H2,(H3,14,15,16,17)/t9-/m1/s1. The minimum absolute atomic E-state index is 0.125. The summed E-state index contributed by atoms with van der Waals surface area (Å²) < 4.78 is 0. The highest BCUT2D eigenvalue weighted by Gasteiger charge is 2.14. The van der Waals surface area contributed by atoms with Gasteiger partial charge in [0, 0.05) is 19.2 Å². The maximum atomic E-state index is 9.99. The van der Waals surface area contributed by atoms with Crippen LogP contribution in [0.5, 0.6) is 0 Å². The second kappa shape index (κ2) is 6.88. The zero-order chi connectivity index (χ0) is 13.7. The highest BCUT2D eigenvalue weighted by molar-refractivity contribution is 6.29. The van der Waals surface area contributed by atoms with E-state index in [2.05, 4.69) is 20.2 Å². The molecule has 6 nitrogen and oxygen atoms in total. The first-order valence-corrected chi connectivity index (χ1v) is 6.95. The molecule has 0 aliphatic carbocycles. The number of hydrogen-bond donors (Lipinski definition) is 3. The molecule has 0 radical (unpaired) electrons. The van der Waals surface area contributed by atoms with Crippen molar-refractivity contribution in [1.82, 2.24) is 14.9 Å². The molecular formula is C12H20ClN5O. The van der Waals surface area contributed by atoms with Crippen LogP contribution in [-0.4, -0.2) is 52.3 Å². The molecule has 1 saturated heterocycles. The number of nitrogens with one attached hydrogen (secondary N) is 1.